The van der Waals surface area contributed by atoms with Crippen LogP contribution in [0.15, 0.2) is 42.5 Å². The van der Waals surface area contributed by atoms with Crippen LogP contribution in [0.4, 0.5) is 5.69 Å². The summed E-state index contributed by atoms with van der Waals surface area (Å²) in [6, 6.07) is 11.4. The van der Waals surface area contributed by atoms with Crippen LogP contribution >= 0.6 is 0 Å². The molecule has 0 N–H and O–H groups in total. The van der Waals surface area contributed by atoms with Crippen LogP contribution < -0.4 is 19.1 Å². The average Bonchev–Trinajstić information content (AvgIpc) is 2.65. The maximum absolute atomic E-state index is 12.7. The first kappa shape index (κ1) is 16.9. The predicted molar refractivity (Wildman–Crippen MR) is 97.6 cm³/mol. The molecule has 0 saturated heterocycles. The highest BCUT2D eigenvalue weighted by Gasteiger charge is 2.22. The van der Waals surface area contributed by atoms with Gasteiger partial charge in [-0.1, -0.05) is 12.1 Å². The van der Waals surface area contributed by atoms with Gasteiger partial charge in [0, 0.05) is 6.08 Å². The van der Waals surface area contributed by atoms with Crippen LogP contribution in [-0.2, 0) is 4.79 Å². The molecule has 2 aromatic carbocycles. The van der Waals surface area contributed by atoms with Crippen molar-refractivity contribution in [3.05, 3.63) is 53.6 Å². The third-order valence-corrected chi connectivity index (χ3v) is 4.07. The lowest BCUT2D eigenvalue weighted by Crippen LogP contribution is -2.36. The minimum atomic E-state index is -0.0788. The van der Waals surface area contributed by atoms with Crippen LogP contribution in [0.25, 0.3) is 6.08 Å². The maximum Gasteiger partial charge on any atom is 0.251 e. The molecule has 0 saturated carbocycles. The topological polar surface area (TPSA) is 48.0 Å². The van der Waals surface area contributed by atoms with E-state index in [1.54, 1.807) is 31.3 Å². The molecular weight excluding hydrogens is 318 g/mol. The highest BCUT2D eigenvalue weighted by molar-refractivity contribution is 6.05. The second-order valence-electron chi connectivity index (χ2n) is 5.76. The summed E-state index contributed by atoms with van der Waals surface area (Å²) in [5.74, 6) is 1.95. The first-order valence-electron chi connectivity index (χ1n) is 8.07. The molecule has 1 heterocycles. The molecule has 0 spiro atoms. The number of amides is 1. The molecule has 130 valence electrons. The molecule has 0 bridgehead atoms. The number of benzene rings is 2. The Labute approximate surface area is 147 Å². The van der Waals surface area contributed by atoms with Crippen molar-refractivity contribution in [1.29, 1.82) is 0 Å². The van der Waals surface area contributed by atoms with Crippen molar-refractivity contribution in [1.82, 2.24) is 0 Å². The Hall–Kier alpha value is -2.95. The van der Waals surface area contributed by atoms with Crippen LogP contribution in [-0.4, -0.2) is 33.3 Å². The van der Waals surface area contributed by atoms with Gasteiger partial charge in [-0.3, -0.25) is 4.79 Å². The van der Waals surface area contributed by atoms with E-state index in [0.717, 1.165) is 22.6 Å². The zero-order valence-corrected chi connectivity index (χ0v) is 14.6. The molecule has 0 radical (unpaired) electrons. The number of rotatable bonds is 4. The van der Waals surface area contributed by atoms with Gasteiger partial charge in [-0.25, -0.2) is 0 Å². The fourth-order valence-electron chi connectivity index (χ4n) is 2.77. The van der Waals surface area contributed by atoms with E-state index in [4.69, 9.17) is 14.2 Å². The van der Waals surface area contributed by atoms with E-state index in [1.807, 2.05) is 43.3 Å². The summed E-state index contributed by atoms with van der Waals surface area (Å²) in [6.07, 6.45) is 3.34. The molecule has 2 aromatic rings. The Morgan fingerprint density at radius 1 is 1.12 bits per heavy atom. The number of hydrogen-bond acceptors (Lipinski definition) is 4. The molecule has 0 fully saturated rings. The van der Waals surface area contributed by atoms with Gasteiger partial charge in [-0.05, 0) is 48.4 Å². The molecule has 1 amide bonds. The average molecular weight is 339 g/mol. The minimum absolute atomic E-state index is 0.0788. The third-order valence-electron chi connectivity index (χ3n) is 4.07. The van der Waals surface area contributed by atoms with Crippen molar-refractivity contribution >= 4 is 17.7 Å². The molecule has 5 heteroatoms. The van der Waals surface area contributed by atoms with Gasteiger partial charge in [0.05, 0.1) is 26.5 Å². The van der Waals surface area contributed by atoms with Crippen molar-refractivity contribution in [2.45, 2.75) is 6.92 Å². The Balaban J connectivity index is 1.81. The number of carbonyl (C=O) groups is 1. The van der Waals surface area contributed by atoms with Crippen molar-refractivity contribution in [3.63, 3.8) is 0 Å². The summed E-state index contributed by atoms with van der Waals surface area (Å²) in [5.41, 5.74) is 2.77. The molecular formula is C20H21NO4. The minimum Gasteiger partial charge on any atom is -0.493 e. The van der Waals surface area contributed by atoms with E-state index in [9.17, 15) is 4.79 Å². The number of aryl methyl sites for hydroxylation is 1. The van der Waals surface area contributed by atoms with Crippen molar-refractivity contribution in [2.75, 3.05) is 32.3 Å². The molecule has 0 aliphatic carbocycles. The third kappa shape index (κ3) is 3.60. The lowest BCUT2D eigenvalue weighted by molar-refractivity contribution is -0.114. The van der Waals surface area contributed by atoms with Gasteiger partial charge in [0.15, 0.2) is 11.5 Å². The highest BCUT2D eigenvalue weighted by Crippen LogP contribution is 2.33. The summed E-state index contributed by atoms with van der Waals surface area (Å²) >= 11 is 0. The van der Waals surface area contributed by atoms with E-state index in [1.165, 1.54) is 0 Å². The van der Waals surface area contributed by atoms with Gasteiger partial charge in [0.25, 0.3) is 5.91 Å². The van der Waals surface area contributed by atoms with Gasteiger partial charge in [-0.2, -0.15) is 0 Å². The number of anilines is 1. The summed E-state index contributed by atoms with van der Waals surface area (Å²) in [7, 11) is 3.18. The molecule has 0 unspecified atom stereocenters. The molecule has 3 rings (SSSR count). The Morgan fingerprint density at radius 3 is 2.68 bits per heavy atom. The summed E-state index contributed by atoms with van der Waals surface area (Å²) in [4.78, 5) is 14.4. The number of ether oxygens (including phenoxy) is 3. The Bertz CT molecular complexity index is 813. The molecule has 0 aromatic heterocycles. The lowest BCUT2D eigenvalue weighted by atomic mass is 10.1. The van der Waals surface area contributed by atoms with Crippen molar-refractivity contribution < 1.29 is 19.0 Å². The number of fused-ring (bicyclic) bond motifs is 1. The molecule has 25 heavy (non-hydrogen) atoms. The zero-order valence-electron chi connectivity index (χ0n) is 14.6. The van der Waals surface area contributed by atoms with Crippen LogP contribution in [0, 0.1) is 6.92 Å². The van der Waals surface area contributed by atoms with Gasteiger partial charge >= 0.3 is 0 Å². The highest BCUT2D eigenvalue weighted by atomic mass is 16.5. The van der Waals surface area contributed by atoms with E-state index in [0.29, 0.717) is 24.7 Å². The number of carbonyl (C=O) groups excluding carboxylic acids is 1. The van der Waals surface area contributed by atoms with Gasteiger partial charge in [-0.15, -0.1) is 0 Å². The van der Waals surface area contributed by atoms with Crippen LogP contribution in [0.5, 0.6) is 17.2 Å². The fraction of sp³-hybridized carbons (Fsp3) is 0.250. The van der Waals surface area contributed by atoms with E-state index < -0.39 is 0 Å². The molecule has 5 nitrogen and oxygen atoms in total. The number of nitrogens with zero attached hydrogens (tertiary/aromatic N) is 1. The first-order chi connectivity index (χ1) is 12.1. The smallest absolute Gasteiger partial charge is 0.251 e. The second kappa shape index (κ2) is 7.30. The fourth-order valence-corrected chi connectivity index (χ4v) is 2.77. The summed E-state index contributed by atoms with van der Waals surface area (Å²) in [5, 5.41) is 0. The quantitative estimate of drug-likeness (QED) is 0.801. The van der Waals surface area contributed by atoms with E-state index in [-0.39, 0.29) is 5.91 Å². The summed E-state index contributed by atoms with van der Waals surface area (Å²) < 4.78 is 16.1. The first-order valence-corrected chi connectivity index (χ1v) is 8.07. The van der Waals surface area contributed by atoms with Crippen LogP contribution in [0.2, 0.25) is 0 Å². The van der Waals surface area contributed by atoms with Gasteiger partial charge in [0.1, 0.15) is 12.4 Å². The standard InChI is InChI=1S/C20H21NO4/c1-14-4-7-17-16(12-14)21(10-11-25-17)20(22)9-6-15-5-8-18(23-2)19(13-15)24-3/h4-9,12-13H,10-11H2,1-3H3/b9-6+. The van der Waals surface area contributed by atoms with Gasteiger partial charge < -0.3 is 19.1 Å². The van der Waals surface area contributed by atoms with Crippen LogP contribution in [0.1, 0.15) is 11.1 Å². The molecule has 1 aliphatic rings. The zero-order chi connectivity index (χ0) is 17.8. The van der Waals surface area contributed by atoms with Crippen LogP contribution in [0.3, 0.4) is 0 Å². The lowest BCUT2D eigenvalue weighted by Gasteiger charge is -2.29. The SMILES string of the molecule is COc1ccc(/C=C/C(=O)N2CCOc3ccc(C)cc32)cc1OC. The number of methoxy groups -OCH3 is 2. The monoisotopic (exact) mass is 339 g/mol. The van der Waals surface area contributed by atoms with E-state index in [2.05, 4.69) is 0 Å². The predicted octanol–water partition coefficient (Wildman–Crippen LogP) is 3.45. The normalized spacial score (nSPS) is 13.3. The van der Waals surface area contributed by atoms with E-state index >= 15 is 0 Å². The summed E-state index contributed by atoms with van der Waals surface area (Å²) in [6.45, 7) is 3.02. The maximum atomic E-state index is 12.7. The number of hydrogen-bond donors (Lipinski definition) is 0. The van der Waals surface area contributed by atoms with Gasteiger partial charge in [0.2, 0.25) is 0 Å². The second-order valence-corrected chi connectivity index (χ2v) is 5.76. The molecule has 1 aliphatic heterocycles. The van der Waals surface area contributed by atoms with Crippen molar-refractivity contribution in [2.24, 2.45) is 0 Å². The van der Waals surface area contributed by atoms with Crippen molar-refractivity contribution in [3.8, 4) is 17.2 Å². The Kier molecular flexibility index (Phi) is 4.93. The largest absolute Gasteiger partial charge is 0.493 e. The molecule has 0 atom stereocenters. The Morgan fingerprint density at radius 2 is 1.92 bits per heavy atom.